The maximum atomic E-state index is 13.2. The Labute approximate surface area is 183 Å². The second kappa shape index (κ2) is 9.15. The van der Waals surface area contributed by atoms with Crippen LogP contribution in [0.1, 0.15) is 43.7 Å². The number of carbonyl (C=O) groups excluding carboxylic acids is 1. The van der Waals surface area contributed by atoms with Crippen LogP contribution >= 0.6 is 0 Å². The highest BCUT2D eigenvalue weighted by molar-refractivity contribution is 6.08. The topological polar surface area (TPSA) is 92.4 Å². The minimum Gasteiger partial charge on any atom is -0.351 e. The molecular formula is C20H27F3N8O. The Kier molecular flexibility index (Phi) is 6.72. The highest BCUT2D eigenvalue weighted by Gasteiger charge is 2.38. The van der Waals surface area contributed by atoms with E-state index in [0.29, 0.717) is 5.82 Å². The van der Waals surface area contributed by atoms with Crippen LogP contribution in [0.3, 0.4) is 0 Å². The number of fused-ring (bicyclic) bond motifs is 1. The molecule has 3 aromatic rings. The SMILES string of the molecule is CC.CC1CN(c2ccn3ncc(C(=O)Nc4cn(C)nc4C(F)(F)F)c3n2)C(C)CN1. The fourth-order valence-electron chi connectivity index (χ4n) is 3.50. The number of anilines is 2. The number of halogens is 3. The van der Waals surface area contributed by atoms with E-state index in [0.717, 1.165) is 24.0 Å². The number of alkyl halides is 3. The first-order valence-corrected chi connectivity index (χ1v) is 10.4. The van der Waals surface area contributed by atoms with Crippen LogP contribution in [-0.2, 0) is 13.2 Å². The molecule has 4 rings (SSSR count). The third-order valence-corrected chi connectivity index (χ3v) is 5.00. The second-order valence-corrected chi connectivity index (χ2v) is 7.44. The van der Waals surface area contributed by atoms with Gasteiger partial charge in [0.1, 0.15) is 11.4 Å². The minimum absolute atomic E-state index is 0.0738. The Bertz CT molecular complexity index is 1090. The lowest BCUT2D eigenvalue weighted by molar-refractivity contribution is -0.140. The molecule has 32 heavy (non-hydrogen) atoms. The Morgan fingerprint density at radius 2 is 2.00 bits per heavy atom. The Balaban J connectivity index is 0.00000141. The predicted octanol–water partition coefficient (Wildman–Crippen LogP) is 2.95. The fourth-order valence-corrected chi connectivity index (χ4v) is 3.50. The molecule has 1 saturated heterocycles. The smallest absolute Gasteiger partial charge is 0.351 e. The summed E-state index contributed by atoms with van der Waals surface area (Å²) in [5.41, 5.74) is -1.24. The molecule has 12 heteroatoms. The summed E-state index contributed by atoms with van der Waals surface area (Å²) in [4.78, 5) is 19.5. The summed E-state index contributed by atoms with van der Waals surface area (Å²) in [5, 5.41) is 13.2. The van der Waals surface area contributed by atoms with Crippen molar-refractivity contribution in [3.63, 3.8) is 0 Å². The van der Waals surface area contributed by atoms with Crippen molar-refractivity contribution >= 4 is 23.1 Å². The molecule has 0 aromatic carbocycles. The van der Waals surface area contributed by atoms with Gasteiger partial charge in [0.15, 0.2) is 11.3 Å². The molecule has 0 bridgehead atoms. The largest absolute Gasteiger partial charge is 0.437 e. The van der Waals surface area contributed by atoms with Gasteiger partial charge in [0, 0.05) is 44.6 Å². The summed E-state index contributed by atoms with van der Waals surface area (Å²) < 4.78 is 41.9. The van der Waals surface area contributed by atoms with Crippen LogP contribution in [0.4, 0.5) is 24.7 Å². The van der Waals surface area contributed by atoms with Crippen molar-refractivity contribution in [2.45, 2.75) is 46.0 Å². The van der Waals surface area contributed by atoms with Gasteiger partial charge < -0.3 is 15.5 Å². The van der Waals surface area contributed by atoms with Crippen molar-refractivity contribution in [1.82, 2.24) is 29.7 Å². The van der Waals surface area contributed by atoms with Crippen molar-refractivity contribution < 1.29 is 18.0 Å². The normalized spacial score (nSPS) is 18.9. The zero-order chi connectivity index (χ0) is 23.6. The molecule has 2 unspecified atom stereocenters. The first-order valence-electron chi connectivity index (χ1n) is 10.4. The second-order valence-electron chi connectivity index (χ2n) is 7.44. The van der Waals surface area contributed by atoms with Crippen LogP contribution in [0.5, 0.6) is 0 Å². The van der Waals surface area contributed by atoms with Gasteiger partial charge in [-0.25, -0.2) is 9.50 Å². The number of carbonyl (C=O) groups is 1. The van der Waals surface area contributed by atoms with E-state index in [1.165, 1.54) is 17.8 Å². The predicted molar refractivity (Wildman–Crippen MR) is 115 cm³/mol. The number of amides is 1. The molecule has 4 heterocycles. The number of nitrogens with one attached hydrogen (secondary N) is 2. The fraction of sp³-hybridized carbons (Fsp3) is 0.500. The van der Waals surface area contributed by atoms with Crippen molar-refractivity contribution in [2.24, 2.45) is 7.05 Å². The summed E-state index contributed by atoms with van der Waals surface area (Å²) in [7, 11) is 1.35. The lowest BCUT2D eigenvalue weighted by Crippen LogP contribution is -2.54. The third kappa shape index (κ3) is 4.69. The molecule has 0 spiro atoms. The third-order valence-electron chi connectivity index (χ3n) is 5.00. The van der Waals surface area contributed by atoms with Crippen molar-refractivity contribution in [1.29, 1.82) is 0 Å². The van der Waals surface area contributed by atoms with E-state index in [2.05, 4.69) is 44.6 Å². The number of aryl methyl sites for hydroxylation is 1. The molecule has 0 radical (unpaired) electrons. The molecule has 3 aromatic heterocycles. The molecule has 2 atom stereocenters. The summed E-state index contributed by atoms with van der Waals surface area (Å²) in [5.74, 6) is -0.0647. The molecule has 9 nitrogen and oxygen atoms in total. The van der Waals surface area contributed by atoms with Crippen LogP contribution in [0.15, 0.2) is 24.7 Å². The quantitative estimate of drug-likeness (QED) is 0.635. The van der Waals surface area contributed by atoms with Crippen molar-refractivity contribution in [2.75, 3.05) is 23.3 Å². The molecule has 1 aliphatic heterocycles. The summed E-state index contributed by atoms with van der Waals surface area (Å²) in [6, 6.07) is 2.28. The van der Waals surface area contributed by atoms with Gasteiger partial charge in [0.05, 0.1) is 11.9 Å². The van der Waals surface area contributed by atoms with E-state index in [-0.39, 0.29) is 23.3 Å². The summed E-state index contributed by atoms with van der Waals surface area (Å²) >= 11 is 0. The molecule has 1 amide bonds. The van der Waals surface area contributed by atoms with E-state index in [1.807, 2.05) is 13.8 Å². The first-order chi connectivity index (χ1) is 15.1. The number of piperazine rings is 1. The monoisotopic (exact) mass is 452 g/mol. The van der Waals surface area contributed by atoms with E-state index in [4.69, 9.17) is 0 Å². The van der Waals surface area contributed by atoms with Crippen LogP contribution < -0.4 is 15.5 Å². The Hall–Kier alpha value is -3.15. The molecule has 174 valence electrons. The number of aromatic nitrogens is 5. The lowest BCUT2D eigenvalue weighted by Gasteiger charge is -2.38. The molecular weight excluding hydrogens is 425 g/mol. The first kappa shape index (κ1) is 23.5. The number of hydrogen-bond donors (Lipinski definition) is 2. The number of rotatable bonds is 3. The average molecular weight is 452 g/mol. The Morgan fingerprint density at radius 1 is 1.28 bits per heavy atom. The molecule has 1 aliphatic rings. The molecule has 2 N–H and O–H groups in total. The van der Waals surface area contributed by atoms with Gasteiger partial charge >= 0.3 is 6.18 Å². The highest BCUT2D eigenvalue weighted by Crippen LogP contribution is 2.33. The number of nitrogens with zero attached hydrogens (tertiary/aromatic N) is 6. The number of hydrogen-bond acceptors (Lipinski definition) is 6. The van der Waals surface area contributed by atoms with E-state index in [9.17, 15) is 18.0 Å². The van der Waals surface area contributed by atoms with E-state index >= 15 is 0 Å². The van der Waals surface area contributed by atoms with Crippen molar-refractivity contribution in [3.05, 3.63) is 35.9 Å². The summed E-state index contributed by atoms with van der Waals surface area (Å²) in [6.07, 6.45) is -0.617. The van der Waals surface area contributed by atoms with E-state index in [1.54, 1.807) is 12.3 Å². The lowest BCUT2D eigenvalue weighted by atomic mass is 10.1. The zero-order valence-corrected chi connectivity index (χ0v) is 18.6. The van der Waals surface area contributed by atoms with Crippen molar-refractivity contribution in [3.8, 4) is 0 Å². The van der Waals surface area contributed by atoms with Gasteiger partial charge in [0.2, 0.25) is 0 Å². The van der Waals surface area contributed by atoms with Crippen LogP contribution in [0.25, 0.3) is 5.65 Å². The van der Waals surface area contributed by atoms with Crippen LogP contribution in [-0.4, -0.2) is 55.5 Å². The standard InChI is InChI=1S/C18H21F3N8O.C2H6/c1-10-8-28(11(2)6-22-10)14-4-5-29-16(25-14)12(7-23-29)17(30)24-13-9-27(3)26-15(13)18(19,20)21;1-2/h4-5,7,9-11,22H,6,8H2,1-3H3,(H,24,30);1-2H3. The van der Waals surface area contributed by atoms with Gasteiger partial charge in [-0.15, -0.1) is 0 Å². The van der Waals surface area contributed by atoms with Gasteiger partial charge in [-0.2, -0.15) is 23.4 Å². The zero-order valence-electron chi connectivity index (χ0n) is 18.6. The highest BCUT2D eigenvalue weighted by atomic mass is 19.4. The van der Waals surface area contributed by atoms with Gasteiger partial charge in [-0.05, 0) is 19.9 Å². The maximum Gasteiger partial charge on any atom is 0.437 e. The average Bonchev–Trinajstić information content (AvgIpc) is 3.34. The minimum atomic E-state index is -4.69. The Morgan fingerprint density at radius 3 is 2.69 bits per heavy atom. The van der Waals surface area contributed by atoms with E-state index < -0.39 is 23.5 Å². The molecule has 0 aliphatic carbocycles. The molecule has 1 fully saturated rings. The van der Waals surface area contributed by atoms with Gasteiger partial charge in [-0.1, -0.05) is 13.8 Å². The van der Waals surface area contributed by atoms with Gasteiger partial charge in [0.25, 0.3) is 5.91 Å². The maximum absolute atomic E-state index is 13.2. The van der Waals surface area contributed by atoms with Gasteiger partial charge in [-0.3, -0.25) is 9.48 Å². The van der Waals surface area contributed by atoms with Crippen LogP contribution in [0.2, 0.25) is 0 Å². The molecule has 0 saturated carbocycles. The van der Waals surface area contributed by atoms with Crippen LogP contribution in [0, 0.1) is 0 Å². The summed E-state index contributed by atoms with van der Waals surface area (Å²) in [6.45, 7) is 9.67.